The zero-order valence-corrected chi connectivity index (χ0v) is 19.8. The summed E-state index contributed by atoms with van der Waals surface area (Å²) in [5, 5.41) is 7.81. The van der Waals surface area contributed by atoms with Gasteiger partial charge in [-0.2, -0.15) is 4.98 Å². The Bertz CT molecular complexity index is 1090. The molecule has 1 N–H and O–H groups in total. The van der Waals surface area contributed by atoms with Crippen molar-refractivity contribution in [2.75, 3.05) is 18.4 Å². The number of piperidine rings is 1. The van der Waals surface area contributed by atoms with Crippen LogP contribution in [0.15, 0.2) is 53.1 Å². The molecule has 1 amide bonds. The Labute approximate surface area is 204 Å². The number of nitrogens with one attached hydrogen (secondary N) is 1. The summed E-state index contributed by atoms with van der Waals surface area (Å²) in [6.07, 6.45) is 6.89. The molecule has 1 saturated heterocycles. The van der Waals surface area contributed by atoms with Gasteiger partial charge in [0.05, 0.1) is 18.6 Å². The van der Waals surface area contributed by atoms with Crippen molar-refractivity contribution >= 4 is 23.2 Å². The second-order valence-corrected chi connectivity index (χ2v) is 9.57. The van der Waals surface area contributed by atoms with Crippen molar-refractivity contribution in [2.24, 2.45) is 5.92 Å². The summed E-state index contributed by atoms with van der Waals surface area (Å²) in [5.41, 5.74) is 1.65. The Morgan fingerprint density at radius 3 is 2.59 bits per heavy atom. The number of nitrogens with zero attached hydrogens (tertiary/aromatic N) is 3. The predicted octanol–water partition coefficient (Wildman–Crippen LogP) is 5.56. The fourth-order valence-corrected chi connectivity index (χ4v) is 4.83. The molecule has 2 aromatic carbocycles. The first-order valence-corrected chi connectivity index (χ1v) is 12.4. The van der Waals surface area contributed by atoms with Gasteiger partial charge in [-0.1, -0.05) is 16.8 Å². The van der Waals surface area contributed by atoms with E-state index in [4.69, 9.17) is 20.9 Å². The van der Waals surface area contributed by atoms with Gasteiger partial charge in [-0.25, -0.2) is 0 Å². The predicted molar refractivity (Wildman–Crippen MR) is 131 cm³/mol. The zero-order valence-electron chi connectivity index (χ0n) is 19.1. The van der Waals surface area contributed by atoms with Crippen LogP contribution in [0.25, 0.3) is 11.4 Å². The minimum atomic E-state index is -0.0816. The highest BCUT2D eigenvalue weighted by Gasteiger charge is 2.27. The van der Waals surface area contributed by atoms with E-state index in [9.17, 15) is 4.79 Å². The van der Waals surface area contributed by atoms with Crippen molar-refractivity contribution in [2.45, 2.75) is 51.2 Å². The number of amides is 1. The molecule has 178 valence electrons. The van der Waals surface area contributed by atoms with Crippen LogP contribution in [0.2, 0.25) is 5.02 Å². The molecule has 3 aromatic rings. The first-order valence-electron chi connectivity index (χ1n) is 12.0. The van der Waals surface area contributed by atoms with Gasteiger partial charge < -0.3 is 14.6 Å². The largest absolute Gasteiger partial charge is 0.490 e. The Kier molecular flexibility index (Phi) is 7.11. The molecule has 0 spiro atoms. The quantitative estimate of drug-likeness (QED) is 0.476. The van der Waals surface area contributed by atoms with Crippen LogP contribution in [-0.4, -0.2) is 40.1 Å². The molecule has 1 aliphatic heterocycles. The van der Waals surface area contributed by atoms with Gasteiger partial charge >= 0.3 is 0 Å². The molecule has 0 radical (unpaired) electrons. The normalized spacial score (nSPS) is 19.3. The highest BCUT2D eigenvalue weighted by Crippen LogP contribution is 2.26. The van der Waals surface area contributed by atoms with Crippen molar-refractivity contribution in [1.29, 1.82) is 0 Å². The third-order valence-electron chi connectivity index (χ3n) is 6.53. The van der Waals surface area contributed by atoms with Gasteiger partial charge in [0, 0.05) is 22.8 Å². The first-order chi connectivity index (χ1) is 16.6. The highest BCUT2D eigenvalue weighted by atomic mass is 35.5. The number of benzene rings is 2. The van der Waals surface area contributed by atoms with Crippen LogP contribution < -0.4 is 10.1 Å². The number of likely N-dealkylation sites (tertiary alicyclic amines) is 1. The Hall–Kier alpha value is -2.90. The number of rotatable bonds is 7. The summed E-state index contributed by atoms with van der Waals surface area (Å²) in [7, 11) is 0. The second kappa shape index (κ2) is 10.6. The van der Waals surface area contributed by atoms with E-state index in [1.807, 2.05) is 36.4 Å². The molecule has 2 fully saturated rings. The van der Waals surface area contributed by atoms with Crippen LogP contribution in [0.3, 0.4) is 0 Å². The molecule has 0 bridgehead atoms. The summed E-state index contributed by atoms with van der Waals surface area (Å²) >= 11 is 5.95. The SMILES string of the molecule is O=C(Nc1ccc(OC2CCCC2)cc1)C1CCCN(Cc2nc(-c3ccc(Cl)cc3)no2)C1. The number of hydrogen-bond donors (Lipinski definition) is 1. The maximum absolute atomic E-state index is 12.9. The van der Waals surface area contributed by atoms with E-state index >= 15 is 0 Å². The summed E-state index contributed by atoms with van der Waals surface area (Å²) in [6, 6.07) is 15.0. The third kappa shape index (κ3) is 5.77. The molecule has 1 atom stereocenters. The summed E-state index contributed by atoms with van der Waals surface area (Å²) in [5.74, 6) is 1.91. The fraction of sp³-hybridized carbons (Fsp3) is 0.423. The lowest BCUT2D eigenvalue weighted by Crippen LogP contribution is -2.40. The van der Waals surface area contributed by atoms with Crippen LogP contribution >= 0.6 is 11.6 Å². The molecule has 1 saturated carbocycles. The van der Waals surface area contributed by atoms with Gasteiger partial charge in [0.2, 0.25) is 17.6 Å². The molecule has 2 heterocycles. The van der Waals surface area contributed by atoms with E-state index in [-0.39, 0.29) is 11.8 Å². The van der Waals surface area contributed by atoms with Gasteiger partial charge in [-0.15, -0.1) is 0 Å². The average Bonchev–Trinajstić information content (AvgIpc) is 3.53. The molecule has 1 aromatic heterocycles. The molecule has 8 heteroatoms. The molecule has 7 nitrogen and oxygen atoms in total. The summed E-state index contributed by atoms with van der Waals surface area (Å²) < 4.78 is 11.5. The van der Waals surface area contributed by atoms with Crippen LogP contribution in [0.4, 0.5) is 5.69 Å². The van der Waals surface area contributed by atoms with E-state index in [0.29, 0.717) is 35.9 Å². The number of aromatic nitrogens is 2. The number of halogens is 1. The average molecular weight is 481 g/mol. The van der Waals surface area contributed by atoms with E-state index in [1.165, 1.54) is 12.8 Å². The maximum Gasteiger partial charge on any atom is 0.241 e. The number of hydrogen-bond acceptors (Lipinski definition) is 6. The standard InChI is InChI=1S/C26H29ClN4O3/c27-20-9-7-18(8-10-20)25-29-24(34-30-25)17-31-15-3-4-19(16-31)26(32)28-21-11-13-23(14-12-21)33-22-5-1-2-6-22/h7-14,19,22H,1-6,15-17H2,(H,28,32). The van der Waals surface area contributed by atoms with E-state index in [0.717, 1.165) is 49.2 Å². The molecular weight excluding hydrogens is 452 g/mol. The molecule has 2 aliphatic rings. The number of anilines is 1. The lowest BCUT2D eigenvalue weighted by Gasteiger charge is -2.30. The first kappa shape index (κ1) is 22.9. The Morgan fingerprint density at radius 2 is 1.82 bits per heavy atom. The number of ether oxygens (including phenoxy) is 1. The molecule has 5 rings (SSSR count). The topological polar surface area (TPSA) is 80.5 Å². The molecule has 1 aliphatic carbocycles. The van der Waals surface area contributed by atoms with Crippen molar-refractivity contribution < 1.29 is 14.1 Å². The van der Waals surface area contributed by atoms with Gasteiger partial charge in [-0.05, 0) is 93.6 Å². The third-order valence-corrected chi connectivity index (χ3v) is 6.78. The lowest BCUT2D eigenvalue weighted by molar-refractivity contribution is -0.121. The van der Waals surface area contributed by atoms with Crippen molar-refractivity contribution in [1.82, 2.24) is 15.0 Å². The molecule has 34 heavy (non-hydrogen) atoms. The minimum Gasteiger partial charge on any atom is -0.490 e. The van der Waals surface area contributed by atoms with Gasteiger partial charge in [0.25, 0.3) is 0 Å². The van der Waals surface area contributed by atoms with Crippen LogP contribution in [0, 0.1) is 5.92 Å². The zero-order chi connectivity index (χ0) is 23.3. The van der Waals surface area contributed by atoms with E-state index < -0.39 is 0 Å². The number of carbonyl (C=O) groups excluding carboxylic acids is 1. The van der Waals surface area contributed by atoms with Crippen LogP contribution in [-0.2, 0) is 11.3 Å². The van der Waals surface area contributed by atoms with Crippen molar-refractivity contribution in [3.05, 3.63) is 59.4 Å². The molecule has 1 unspecified atom stereocenters. The van der Waals surface area contributed by atoms with E-state index in [1.54, 1.807) is 12.1 Å². The maximum atomic E-state index is 12.9. The smallest absolute Gasteiger partial charge is 0.241 e. The second-order valence-electron chi connectivity index (χ2n) is 9.13. The van der Waals surface area contributed by atoms with Gasteiger partial charge in [0.1, 0.15) is 5.75 Å². The van der Waals surface area contributed by atoms with E-state index in [2.05, 4.69) is 20.4 Å². The van der Waals surface area contributed by atoms with Gasteiger partial charge in [-0.3, -0.25) is 9.69 Å². The minimum absolute atomic E-state index is 0.0431. The lowest BCUT2D eigenvalue weighted by atomic mass is 9.97. The fourth-order valence-electron chi connectivity index (χ4n) is 4.70. The number of carbonyl (C=O) groups is 1. The monoisotopic (exact) mass is 480 g/mol. The van der Waals surface area contributed by atoms with Crippen molar-refractivity contribution in [3.63, 3.8) is 0 Å². The van der Waals surface area contributed by atoms with Crippen LogP contribution in [0.5, 0.6) is 5.75 Å². The van der Waals surface area contributed by atoms with Crippen LogP contribution in [0.1, 0.15) is 44.4 Å². The van der Waals surface area contributed by atoms with Crippen molar-refractivity contribution in [3.8, 4) is 17.1 Å². The molecular formula is C26H29ClN4O3. The Morgan fingerprint density at radius 1 is 1.06 bits per heavy atom. The summed E-state index contributed by atoms with van der Waals surface area (Å²) in [6.45, 7) is 2.08. The highest BCUT2D eigenvalue weighted by molar-refractivity contribution is 6.30. The Balaban J connectivity index is 1.13. The summed E-state index contributed by atoms with van der Waals surface area (Å²) in [4.78, 5) is 19.6. The van der Waals surface area contributed by atoms with Gasteiger partial charge in [0.15, 0.2) is 0 Å².